The summed E-state index contributed by atoms with van der Waals surface area (Å²) in [5.74, 6) is 0.209. The van der Waals surface area contributed by atoms with Crippen LogP contribution in [0.4, 0.5) is 5.69 Å². The van der Waals surface area contributed by atoms with Crippen molar-refractivity contribution in [3.05, 3.63) is 76.0 Å². The maximum atomic E-state index is 12.2. The number of ether oxygens (including phenoxy) is 1. The minimum Gasteiger partial charge on any atom is -0.470 e. The number of carbonyl (C=O) groups excluding carboxylic acids is 1. The maximum Gasteiger partial charge on any atom is 0.276 e. The van der Waals surface area contributed by atoms with Crippen molar-refractivity contribution < 1.29 is 9.53 Å². The van der Waals surface area contributed by atoms with E-state index in [0.717, 1.165) is 11.3 Å². The number of nitrogens with zero attached hydrogens (tertiary/aromatic N) is 2. The molecule has 0 aliphatic carbocycles. The summed E-state index contributed by atoms with van der Waals surface area (Å²) in [5.41, 5.74) is 2.09. The second-order valence-corrected chi connectivity index (χ2v) is 6.26. The fourth-order valence-electron chi connectivity index (χ4n) is 2.20. The van der Waals surface area contributed by atoms with Crippen LogP contribution >= 0.6 is 23.2 Å². The highest BCUT2D eigenvalue weighted by atomic mass is 35.5. The molecule has 0 atom stereocenters. The Balaban J connectivity index is 1.62. The molecule has 1 aromatic heterocycles. The van der Waals surface area contributed by atoms with E-state index in [-0.39, 0.29) is 12.6 Å². The number of benzene rings is 2. The Bertz CT molecular complexity index is 909. The van der Waals surface area contributed by atoms with E-state index in [9.17, 15) is 4.79 Å². The third kappa shape index (κ3) is 4.53. The van der Waals surface area contributed by atoms with E-state index >= 15 is 0 Å². The molecule has 0 aliphatic rings. The van der Waals surface area contributed by atoms with Crippen molar-refractivity contribution in [2.45, 2.75) is 13.7 Å². The van der Waals surface area contributed by atoms with Gasteiger partial charge in [0.15, 0.2) is 12.4 Å². The standard InChI is InChI=1S/C18H15Cl2N3O2/c1-12-3-2-4-14(9-12)21-18(24)16-7-8-23(22-16)11-25-17-6-5-13(19)10-15(17)20/h2-10H,11H2,1H3,(H,21,24). The van der Waals surface area contributed by atoms with Gasteiger partial charge in [-0.05, 0) is 48.9 Å². The van der Waals surface area contributed by atoms with Gasteiger partial charge >= 0.3 is 0 Å². The molecular weight excluding hydrogens is 361 g/mol. The average Bonchev–Trinajstić information content (AvgIpc) is 3.03. The fourth-order valence-corrected chi connectivity index (χ4v) is 2.66. The number of aromatic nitrogens is 2. The van der Waals surface area contributed by atoms with E-state index in [4.69, 9.17) is 27.9 Å². The topological polar surface area (TPSA) is 56.2 Å². The van der Waals surface area contributed by atoms with Crippen molar-refractivity contribution >= 4 is 34.8 Å². The van der Waals surface area contributed by atoms with Gasteiger partial charge in [-0.1, -0.05) is 35.3 Å². The average molecular weight is 376 g/mol. The predicted molar refractivity (Wildman–Crippen MR) is 98.4 cm³/mol. The van der Waals surface area contributed by atoms with Crippen LogP contribution in [0.5, 0.6) is 5.75 Å². The van der Waals surface area contributed by atoms with Crippen LogP contribution in [0.1, 0.15) is 16.1 Å². The van der Waals surface area contributed by atoms with Crippen LogP contribution in [0.25, 0.3) is 0 Å². The number of hydrogen-bond donors (Lipinski definition) is 1. The van der Waals surface area contributed by atoms with Gasteiger partial charge in [-0.25, -0.2) is 4.68 Å². The minimum absolute atomic E-state index is 0.124. The molecule has 3 aromatic rings. The van der Waals surface area contributed by atoms with Gasteiger partial charge in [0, 0.05) is 16.9 Å². The van der Waals surface area contributed by atoms with Gasteiger partial charge in [0.1, 0.15) is 5.75 Å². The van der Waals surface area contributed by atoms with E-state index in [1.54, 1.807) is 30.5 Å². The molecule has 1 heterocycles. The van der Waals surface area contributed by atoms with E-state index in [2.05, 4.69) is 10.4 Å². The van der Waals surface area contributed by atoms with E-state index in [1.165, 1.54) is 4.68 Å². The van der Waals surface area contributed by atoms with Gasteiger partial charge in [-0.3, -0.25) is 4.79 Å². The Morgan fingerprint density at radius 3 is 2.80 bits per heavy atom. The molecule has 3 rings (SSSR count). The Morgan fingerprint density at radius 2 is 2.04 bits per heavy atom. The molecule has 1 amide bonds. The van der Waals surface area contributed by atoms with Crippen LogP contribution in [-0.4, -0.2) is 15.7 Å². The van der Waals surface area contributed by atoms with Crippen molar-refractivity contribution in [3.63, 3.8) is 0 Å². The van der Waals surface area contributed by atoms with E-state index in [0.29, 0.717) is 21.5 Å². The molecule has 0 saturated carbocycles. The van der Waals surface area contributed by atoms with Crippen LogP contribution in [0, 0.1) is 6.92 Å². The summed E-state index contributed by atoms with van der Waals surface area (Å²) in [6, 6.07) is 14.2. The number of anilines is 1. The minimum atomic E-state index is -0.283. The normalized spacial score (nSPS) is 10.5. The lowest BCUT2D eigenvalue weighted by Crippen LogP contribution is -2.14. The first kappa shape index (κ1) is 17.3. The number of amides is 1. The van der Waals surface area contributed by atoms with Crippen molar-refractivity contribution in [1.29, 1.82) is 0 Å². The zero-order valence-electron chi connectivity index (χ0n) is 13.4. The number of nitrogens with one attached hydrogen (secondary N) is 1. The van der Waals surface area contributed by atoms with Gasteiger partial charge < -0.3 is 10.1 Å². The smallest absolute Gasteiger partial charge is 0.276 e. The molecule has 0 unspecified atom stereocenters. The van der Waals surface area contributed by atoms with Gasteiger partial charge in [0.25, 0.3) is 5.91 Å². The summed E-state index contributed by atoms with van der Waals surface area (Å²) in [6.07, 6.45) is 1.66. The summed E-state index contributed by atoms with van der Waals surface area (Å²) < 4.78 is 7.09. The van der Waals surface area contributed by atoms with Gasteiger partial charge in [0.05, 0.1) is 5.02 Å². The van der Waals surface area contributed by atoms with Crippen LogP contribution in [-0.2, 0) is 6.73 Å². The highest BCUT2D eigenvalue weighted by Crippen LogP contribution is 2.27. The predicted octanol–water partition coefficient (Wildman–Crippen LogP) is 4.79. The maximum absolute atomic E-state index is 12.2. The van der Waals surface area contributed by atoms with Crippen LogP contribution in [0.15, 0.2) is 54.7 Å². The van der Waals surface area contributed by atoms with Gasteiger partial charge in [0.2, 0.25) is 0 Å². The zero-order chi connectivity index (χ0) is 17.8. The lowest BCUT2D eigenvalue weighted by atomic mass is 10.2. The first-order valence-corrected chi connectivity index (χ1v) is 8.26. The highest BCUT2D eigenvalue weighted by Gasteiger charge is 2.10. The first-order chi connectivity index (χ1) is 12.0. The lowest BCUT2D eigenvalue weighted by Gasteiger charge is -2.08. The van der Waals surface area contributed by atoms with Gasteiger partial charge in [-0.15, -0.1) is 0 Å². The number of halogens is 2. The molecule has 7 heteroatoms. The molecule has 0 saturated heterocycles. The van der Waals surface area contributed by atoms with Crippen molar-refractivity contribution in [3.8, 4) is 5.75 Å². The largest absolute Gasteiger partial charge is 0.470 e. The summed E-state index contributed by atoms with van der Waals surface area (Å²) in [6.45, 7) is 2.09. The Morgan fingerprint density at radius 1 is 1.20 bits per heavy atom. The van der Waals surface area contributed by atoms with Crippen molar-refractivity contribution in [2.75, 3.05) is 5.32 Å². The second-order valence-electron chi connectivity index (χ2n) is 5.41. The number of rotatable bonds is 5. The van der Waals surface area contributed by atoms with Crippen molar-refractivity contribution in [2.24, 2.45) is 0 Å². The third-order valence-electron chi connectivity index (χ3n) is 3.40. The highest BCUT2D eigenvalue weighted by molar-refractivity contribution is 6.35. The zero-order valence-corrected chi connectivity index (χ0v) is 14.9. The summed E-state index contributed by atoms with van der Waals surface area (Å²) in [5, 5.41) is 7.96. The molecule has 5 nitrogen and oxygen atoms in total. The monoisotopic (exact) mass is 375 g/mol. The molecule has 2 aromatic carbocycles. The first-order valence-electron chi connectivity index (χ1n) is 7.50. The van der Waals surface area contributed by atoms with E-state index < -0.39 is 0 Å². The van der Waals surface area contributed by atoms with Crippen LogP contribution < -0.4 is 10.1 Å². The second kappa shape index (κ2) is 7.59. The van der Waals surface area contributed by atoms with Crippen LogP contribution in [0.2, 0.25) is 10.0 Å². The molecule has 0 radical (unpaired) electrons. The molecular formula is C18H15Cl2N3O2. The summed E-state index contributed by atoms with van der Waals surface area (Å²) >= 11 is 11.9. The molecule has 1 N–H and O–H groups in total. The van der Waals surface area contributed by atoms with Crippen LogP contribution in [0.3, 0.4) is 0 Å². The van der Waals surface area contributed by atoms with E-state index in [1.807, 2.05) is 31.2 Å². The van der Waals surface area contributed by atoms with Crippen molar-refractivity contribution in [1.82, 2.24) is 9.78 Å². The number of aryl methyl sites for hydroxylation is 1. The Labute approximate surface area is 155 Å². The Hall–Kier alpha value is -2.50. The third-order valence-corrected chi connectivity index (χ3v) is 3.93. The quantitative estimate of drug-likeness (QED) is 0.697. The fraction of sp³-hybridized carbons (Fsp3) is 0.111. The summed E-state index contributed by atoms with van der Waals surface area (Å²) in [4.78, 5) is 12.2. The molecule has 0 bridgehead atoms. The molecule has 0 spiro atoms. The molecule has 25 heavy (non-hydrogen) atoms. The lowest BCUT2D eigenvalue weighted by molar-refractivity contribution is 0.102. The molecule has 0 aliphatic heterocycles. The van der Waals surface area contributed by atoms with Gasteiger partial charge in [-0.2, -0.15) is 5.10 Å². The Kier molecular flexibility index (Phi) is 5.26. The summed E-state index contributed by atoms with van der Waals surface area (Å²) in [7, 11) is 0. The SMILES string of the molecule is Cc1cccc(NC(=O)c2ccn(COc3ccc(Cl)cc3Cl)n2)c1. The molecule has 0 fully saturated rings. The number of hydrogen-bond acceptors (Lipinski definition) is 3. The number of carbonyl (C=O) groups is 1. The molecule has 128 valence electrons.